The van der Waals surface area contributed by atoms with Crippen LogP contribution in [0.25, 0.3) is 0 Å². The van der Waals surface area contributed by atoms with Gasteiger partial charge in [-0.25, -0.2) is 0 Å². The van der Waals surface area contributed by atoms with Crippen molar-refractivity contribution in [1.29, 1.82) is 0 Å². The molecule has 0 aliphatic carbocycles. The van der Waals surface area contributed by atoms with Crippen molar-refractivity contribution >= 4 is 11.8 Å². The van der Waals surface area contributed by atoms with E-state index in [9.17, 15) is 9.59 Å². The molecule has 1 aliphatic rings. The van der Waals surface area contributed by atoms with Gasteiger partial charge in [0.05, 0.1) is 26.1 Å². The van der Waals surface area contributed by atoms with Crippen LogP contribution in [0.2, 0.25) is 0 Å². The van der Waals surface area contributed by atoms with Crippen LogP contribution >= 0.6 is 0 Å². The summed E-state index contributed by atoms with van der Waals surface area (Å²) >= 11 is 0. The first kappa shape index (κ1) is 17.3. The second-order valence-electron chi connectivity index (χ2n) is 5.42. The highest BCUT2D eigenvalue weighted by atomic mass is 16.5. The van der Waals surface area contributed by atoms with Crippen molar-refractivity contribution in [3.8, 4) is 5.75 Å². The van der Waals surface area contributed by atoms with Crippen LogP contribution in [-0.2, 0) is 14.3 Å². The van der Waals surface area contributed by atoms with Gasteiger partial charge in [-0.2, -0.15) is 0 Å². The fourth-order valence-electron chi connectivity index (χ4n) is 2.48. The second-order valence-corrected chi connectivity index (χ2v) is 5.42. The van der Waals surface area contributed by atoms with E-state index >= 15 is 0 Å². The molecule has 0 atom stereocenters. The van der Waals surface area contributed by atoms with E-state index < -0.39 is 0 Å². The Morgan fingerprint density at radius 1 is 0.913 bits per heavy atom. The molecule has 2 rings (SSSR count). The number of nitrogens with zero attached hydrogens (tertiary/aromatic N) is 2. The van der Waals surface area contributed by atoms with Crippen molar-refractivity contribution in [2.45, 2.75) is 12.8 Å². The van der Waals surface area contributed by atoms with E-state index in [1.54, 1.807) is 16.9 Å². The molecule has 0 aromatic heterocycles. The Balaban J connectivity index is 1.66. The third-order valence-electron chi connectivity index (χ3n) is 3.83. The molecule has 0 bridgehead atoms. The van der Waals surface area contributed by atoms with Crippen molar-refractivity contribution in [3.63, 3.8) is 0 Å². The monoisotopic (exact) mass is 320 g/mol. The van der Waals surface area contributed by atoms with Crippen LogP contribution in [0, 0.1) is 0 Å². The lowest BCUT2D eigenvalue weighted by atomic mass is 10.2. The highest BCUT2D eigenvalue weighted by Crippen LogP contribution is 2.10. The van der Waals surface area contributed by atoms with Crippen molar-refractivity contribution < 1.29 is 19.1 Å². The molecule has 1 saturated heterocycles. The maximum Gasteiger partial charge on any atom is 0.226 e. The molecule has 1 heterocycles. The summed E-state index contributed by atoms with van der Waals surface area (Å²) in [6, 6.07) is 9.46. The molecule has 0 radical (unpaired) electrons. The predicted molar refractivity (Wildman–Crippen MR) is 86.2 cm³/mol. The first-order valence-corrected chi connectivity index (χ1v) is 7.93. The Bertz CT molecular complexity index is 499. The summed E-state index contributed by atoms with van der Waals surface area (Å²) in [6.45, 7) is 3.16. The molecule has 23 heavy (non-hydrogen) atoms. The fraction of sp³-hybridized carbons (Fsp3) is 0.529. The number of para-hydroxylation sites is 1. The predicted octanol–water partition coefficient (Wildman–Crippen LogP) is 1.16. The molecule has 6 nitrogen and oxygen atoms in total. The molecule has 0 saturated carbocycles. The SMILES string of the molecule is COCCC(=O)N1CCN(C(=O)CCOc2ccccc2)CC1. The Hall–Kier alpha value is -2.08. The molecule has 6 heteroatoms. The number of ether oxygens (including phenoxy) is 2. The van der Waals surface area contributed by atoms with E-state index in [1.165, 1.54) is 0 Å². The van der Waals surface area contributed by atoms with Crippen LogP contribution in [-0.4, -0.2) is 68.1 Å². The summed E-state index contributed by atoms with van der Waals surface area (Å²) in [5, 5.41) is 0. The number of rotatable bonds is 7. The van der Waals surface area contributed by atoms with E-state index in [0.29, 0.717) is 52.2 Å². The maximum absolute atomic E-state index is 12.2. The zero-order valence-corrected chi connectivity index (χ0v) is 13.6. The number of piperazine rings is 1. The quantitative estimate of drug-likeness (QED) is 0.756. The Morgan fingerprint density at radius 2 is 1.43 bits per heavy atom. The van der Waals surface area contributed by atoms with Crippen molar-refractivity contribution in [2.24, 2.45) is 0 Å². The zero-order valence-electron chi connectivity index (χ0n) is 13.6. The summed E-state index contributed by atoms with van der Waals surface area (Å²) in [7, 11) is 1.58. The van der Waals surface area contributed by atoms with E-state index in [2.05, 4.69) is 0 Å². The molecule has 2 amide bonds. The number of hydrogen-bond acceptors (Lipinski definition) is 4. The van der Waals surface area contributed by atoms with Gasteiger partial charge in [0, 0.05) is 33.3 Å². The van der Waals surface area contributed by atoms with Crippen LogP contribution in [0.5, 0.6) is 5.75 Å². The van der Waals surface area contributed by atoms with Crippen LogP contribution < -0.4 is 4.74 Å². The number of carbonyl (C=O) groups is 2. The lowest BCUT2D eigenvalue weighted by Gasteiger charge is -2.34. The van der Waals surface area contributed by atoms with Crippen LogP contribution in [0.1, 0.15) is 12.8 Å². The third-order valence-corrected chi connectivity index (χ3v) is 3.83. The molecular formula is C17H24N2O4. The van der Waals surface area contributed by atoms with E-state index in [0.717, 1.165) is 5.75 Å². The Labute approximate surface area is 137 Å². The third kappa shape index (κ3) is 5.56. The minimum absolute atomic E-state index is 0.0740. The summed E-state index contributed by atoms with van der Waals surface area (Å²) < 4.78 is 10.5. The van der Waals surface area contributed by atoms with Gasteiger partial charge >= 0.3 is 0 Å². The van der Waals surface area contributed by atoms with Gasteiger partial charge < -0.3 is 19.3 Å². The lowest BCUT2D eigenvalue weighted by molar-refractivity contribution is -0.140. The number of carbonyl (C=O) groups excluding carboxylic acids is 2. The topological polar surface area (TPSA) is 59.1 Å². The first-order chi connectivity index (χ1) is 11.2. The average Bonchev–Trinajstić information content (AvgIpc) is 2.60. The number of benzene rings is 1. The lowest BCUT2D eigenvalue weighted by Crippen LogP contribution is -2.50. The highest BCUT2D eigenvalue weighted by molar-refractivity contribution is 5.78. The summed E-state index contributed by atoms with van der Waals surface area (Å²) in [4.78, 5) is 27.6. The number of methoxy groups -OCH3 is 1. The standard InChI is InChI=1S/C17H24N2O4/c1-22-13-7-16(20)18-9-11-19(12-10-18)17(21)8-14-23-15-5-3-2-4-6-15/h2-6H,7-14H2,1H3. The molecule has 126 valence electrons. The van der Waals surface area contributed by atoms with E-state index in [1.807, 2.05) is 30.3 Å². The van der Waals surface area contributed by atoms with Crippen molar-refractivity contribution in [3.05, 3.63) is 30.3 Å². The molecule has 0 N–H and O–H groups in total. The zero-order chi connectivity index (χ0) is 16.5. The molecular weight excluding hydrogens is 296 g/mol. The Kier molecular flexibility index (Phi) is 6.87. The van der Waals surface area contributed by atoms with Gasteiger partial charge in [0.1, 0.15) is 5.75 Å². The fourth-order valence-corrected chi connectivity index (χ4v) is 2.48. The molecule has 0 spiro atoms. The highest BCUT2D eigenvalue weighted by Gasteiger charge is 2.23. The summed E-state index contributed by atoms with van der Waals surface area (Å²) in [6.07, 6.45) is 0.752. The smallest absolute Gasteiger partial charge is 0.226 e. The molecule has 1 aromatic carbocycles. The van der Waals surface area contributed by atoms with E-state index in [4.69, 9.17) is 9.47 Å². The van der Waals surface area contributed by atoms with Gasteiger partial charge in [-0.3, -0.25) is 9.59 Å². The number of hydrogen-bond donors (Lipinski definition) is 0. The average molecular weight is 320 g/mol. The molecule has 1 aliphatic heterocycles. The molecule has 1 aromatic rings. The first-order valence-electron chi connectivity index (χ1n) is 7.93. The van der Waals surface area contributed by atoms with Crippen molar-refractivity contribution in [1.82, 2.24) is 9.80 Å². The van der Waals surface area contributed by atoms with Crippen molar-refractivity contribution in [2.75, 3.05) is 46.5 Å². The summed E-state index contributed by atoms with van der Waals surface area (Å²) in [5.41, 5.74) is 0. The maximum atomic E-state index is 12.2. The van der Waals surface area contributed by atoms with Gasteiger partial charge in [0.2, 0.25) is 11.8 Å². The minimum atomic E-state index is 0.0740. The van der Waals surface area contributed by atoms with Gasteiger partial charge in [-0.1, -0.05) is 18.2 Å². The van der Waals surface area contributed by atoms with Crippen LogP contribution in [0.3, 0.4) is 0 Å². The van der Waals surface area contributed by atoms with E-state index in [-0.39, 0.29) is 11.8 Å². The number of amides is 2. The Morgan fingerprint density at radius 3 is 1.96 bits per heavy atom. The minimum Gasteiger partial charge on any atom is -0.493 e. The van der Waals surface area contributed by atoms with Crippen LogP contribution in [0.15, 0.2) is 30.3 Å². The van der Waals surface area contributed by atoms with Crippen LogP contribution in [0.4, 0.5) is 0 Å². The normalized spacial score (nSPS) is 14.7. The van der Waals surface area contributed by atoms with Gasteiger partial charge in [0.15, 0.2) is 0 Å². The largest absolute Gasteiger partial charge is 0.493 e. The summed E-state index contributed by atoms with van der Waals surface area (Å²) in [5.74, 6) is 0.935. The van der Waals surface area contributed by atoms with Gasteiger partial charge in [-0.05, 0) is 12.1 Å². The molecule has 0 unspecified atom stereocenters. The second kappa shape index (κ2) is 9.15. The van der Waals surface area contributed by atoms with Gasteiger partial charge in [0.25, 0.3) is 0 Å². The van der Waals surface area contributed by atoms with Gasteiger partial charge in [-0.15, -0.1) is 0 Å². The molecule has 1 fully saturated rings.